The number of rotatable bonds is 5. The third-order valence-electron chi connectivity index (χ3n) is 1.82. The average Bonchev–Trinajstić information content (AvgIpc) is 2.18. The first-order valence-electron chi connectivity index (χ1n) is 4.58. The molecule has 0 aliphatic carbocycles. The van der Waals surface area contributed by atoms with E-state index < -0.39 is 5.97 Å². The van der Waals surface area contributed by atoms with Gasteiger partial charge in [-0.2, -0.15) is 0 Å². The Morgan fingerprint density at radius 3 is 3.07 bits per heavy atom. The van der Waals surface area contributed by atoms with E-state index in [4.69, 9.17) is 9.84 Å². The number of aromatic carboxylic acids is 1. The Morgan fingerprint density at radius 1 is 1.73 bits per heavy atom. The van der Waals surface area contributed by atoms with E-state index in [0.29, 0.717) is 12.4 Å². The van der Waals surface area contributed by atoms with Crippen molar-refractivity contribution in [3.05, 3.63) is 23.9 Å². The van der Waals surface area contributed by atoms with Crippen molar-refractivity contribution in [1.29, 1.82) is 0 Å². The van der Waals surface area contributed by atoms with Crippen LogP contribution in [0.3, 0.4) is 0 Å². The van der Waals surface area contributed by atoms with E-state index in [2.05, 4.69) is 10.3 Å². The van der Waals surface area contributed by atoms with Crippen LogP contribution in [0.4, 0.5) is 5.82 Å². The number of carboxylic acid groups (broad SMARTS) is 1. The predicted octanol–water partition coefficient (Wildman–Crippen LogP) is 1.23. The van der Waals surface area contributed by atoms with E-state index in [1.807, 2.05) is 6.92 Å². The second-order valence-electron chi connectivity index (χ2n) is 3.24. The van der Waals surface area contributed by atoms with Gasteiger partial charge in [0.05, 0.1) is 12.2 Å². The molecule has 1 atom stereocenters. The summed E-state index contributed by atoms with van der Waals surface area (Å²) in [5.74, 6) is -0.417. The smallest absolute Gasteiger partial charge is 0.335 e. The van der Waals surface area contributed by atoms with Crippen molar-refractivity contribution in [2.75, 3.05) is 19.0 Å². The van der Waals surface area contributed by atoms with Crippen LogP contribution < -0.4 is 5.32 Å². The molecule has 0 aliphatic rings. The first-order chi connectivity index (χ1) is 7.13. The van der Waals surface area contributed by atoms with E-state index in [0.717, 1.165) is 0 Å². The largest absolute Gasteiger partial charge is 0.478 e. The van der Waals surface area contributed by atoms with E-state index in [9.17, 15) is 4.79 Å². The molecule has 1 aromatic heterocycles. The normalized spacial score (nSPS) is 12.1. The number of ether oxygens (including phenoxy) is 1. The second-order valence-corrected chi connectivity index (χ2v) is 3.24. The van der Waals surface area contributed by atoms with Gasteiger partial charge in [0.1, 0.15) is 5.82 Å². The van der Waals surface area contributed by atoms with Crippen molar-refractivity contribution < 1.29 is 14.6 Å². The summed E-state index contributed by atoms with van der Waals surface area (Å²) in [4.78, 5) is 14.7. The fourth-order valence-corrected chi connectivity index (χ4v) is 1.19. The Hall–Kier alpha value is -1.62. The fourth-order valence-electron chi connectivity index (χ4n) is 1.19. The predicted molar refractivity (Wildman–Crippen MR) is 56.2 cm³/mol. The van der Waals surface area contributed by atoms with Gasteiger partial charge in [-0.05, 0) is 19.1 Å². The SMILES string of the molecule is COCC(C)Nc1cc(C(=O)O)ccn1. The number of nitrogens with one attached hydrogen (secondary N) is 1. The molecular formula is C10H14N2O3. The molecule has 1 aromatic rings. The molecule has 0 amide bonds. The summed E-state index contributed by atoms with van der Waals surface area (Å²) in [7, 11) is 1.61. The Labute approximate surface area is 88.1 Å². The summed E-state index contributed by atoms with van der Waals surface area (Å²) in [5.41, 5.74) is 0.220. The molecule has 82 valence electrons. The zero-order chi connectivity index (χ0) is 11.3. The zero-order valence-electron chi connectivity index (χ0n) is 8.73. The third kappa shape index (κ3) is 3.55. The van der Waals surface area contributed by atoms with Crippen molar-refractivity contribution in [2.24, 2.45) is 0 Å². The number of hydrogen-bond donors (Lipinski definition) is 2. The summed E-state index contributed by atoms with van der Waals surface area (Å²) in [5, 5.41) is 11.8. The van der Waals surface area contributed by atoms with Gasteiger partial charge in [0, 0.05) is 19.3 Å². The van der Waals surface area contributed by atoms with Gasteiger partial charge < -0.3 is 15.2 Å². The lowest BCUT2D eigenvalue weighted by Crippen LogP contribution is -2.21. The molecule has 0 saturated carbocycles. The van der Waals surface area contributed by atoms with Crippen LogP contribution in [0.25, 0.3) is 0 Å². The van der Waals surface area contributed by atoms with Crippen LogP contribution in [0.5, 0.6) is 0 Å². The number of nitrogens with zero attached hydrogens (tertiary/aromatic N) is 1. The van der Waals surface area contributed by atoms with E-state index in [-0.39, 0.29) is 11.6 Å². The van der Waals surface area contributed by atoms with Crippen LogP contribution in [0.2, 0.25) is 0 Å². The van der Waals surface area contributed by atoms with Crippen molar-refractivity contribution in [1.82, 2.24) is 4.98 Å². The molecule has 5 heteroatoms. The highest BCUT2D eigenvalue weighted by molar-refractivity contribution is 5.88. The molecule has 15 heavy (non-hydrogen) atoms. The average molecular weight is 210 g/mol. The lowest BCUT2D eigenvalue weighted by atomic mass is 10.2. The number of pyridine rings is 1. The molecule has 5 nitrogen and oxygen atoms in total. The molecule has 0 spiro atoms. The van der Waals surface area contributed by atoms with Crippen LogP contribution in [0.1, 0.15) is 17.3 Å². The van der Waals surface area contributed by atoms with Gasteiger partial charge >= 0.3 is 5.97 Å². The summed E-state index contributed by atoms with van der Waals surface area (Å²) in [6, 6.07) is 3.04. The quantitative estimate of drug-likeness (QED) is 0.764. The van der Waals surface area contributed by atoms with Crippen molar-refractivity contribution in [2.45, 2.75) is 13.0 Å². The maximum atomic E-state index is 10.7. The molecule has 0 saturated heterocycles. The van der Waals surface area contributed by atoms with Crippen molar-refractivity contribution in [3.8, 4) is 0 Å². The number of carboxylic acids is 1. The molecule has 0 aliphatic heterocycles. The lowest BCUT2D eigenvalue weighted by molar-refractivity contribution is 0.0697. The van der Waals surface area contributed by atoms with Crippen molar-refractivity contribution >= 4 is 11.8 Å². The molecule has 1 rings (SSSR count). The van der Waals surface area contributed by atoms with Gasteiger partial charge in [0.25, 0.3) is 0 Å². The van der Waals surface area contributed by atoms with Gasteiger partial charge in [0.2, 0.25) is 0 Å². The van der Waals surface area contributed by atoms with Crippen LogP contribution in [0.15, 0.2) is 18.3 Å². The summed E-state index contributed by atoms with van der Waals surface area (Å²) < 4.78 is 4.95. The Morgan fingerprint density at radius 2 is 2.47 bits per heavy atom. The summed E-state index contributed by atoms with van der Waals surface area (Å²) in [6.07, 6.45) is 1.46. The van der Waals surface area contributed by atoms with Crippen LogP contribution in [-0.2, 0) is 4.74 Å². The van der Waals surface area contributed by atoms with Crippen LogP contribution in [0, 0.1) is 0 Å². The molecular weight excluding hydrogens is 196 g/mol. The minimum Gasteiger partial charge on any atom is -0.478 e. The van der Waals surface area contributed by atoms with E-state index >= 15 is 0 Å². The molecule has 0 fully saturated rings. The number of carbonyl (C=O) groups is 1. The number of aromatic nitrogens is 1. The molecule has 2 N–H and O–H groups in total. The zero-order valence-corrected chi connectivity index (χ0v) is 8.73. The number of methoxy groups -OCH3 is 1. The topological polar surface area (TPSA) is 71.5 Å². The molecule has 1 unspecified atom stereocenters. The third-order valence-corrected chi connectivity index (χ3v) is 1.82. The Balaban J connectivity index is 2.69. The number of hydrogen-bond acceptors (Lipinski definition) is 4. The maximum Gasteiger partial charge on any atom is 0.335 e. The maximum absolute atomic E-state index is 10.7. The minimum absolute atomic E-state index is 0.0894. The van der Waals surface area contributed by atoms with Gasteiger partial charge in [-0.15, -0.1) is 0 Å². The first kappa shape index (κ1) is 11.5. The lowest BCUT2D eigenvalue weighted by Gasteiger charge is -2.13. The Kier molecular flexibility index (Phi) is 4.05. The minimum atomic E-state index is -0.958. The van der Waals surface area contributed by atoms with Crippen molar-refractivity contribution in [3.63, 3.8) is 0 Å². The Bertz CT molecular complexity index is 341. The summed E-state index contributed by atoms with van der Waals surface area (Å²) >= 11 is 0. The summed E-state index contributed by atoms with van der Waals surface area (Å²) in [6.45, 7) is 2.47. The van der Waals surface area contributed by atoms with E-state index in [1.54, 1.807) is 7.11 Å². The standard InChI is InChI=1S/C10H14N2O3/c1-7(6-15-2)12-9-5-8(10(13)14)3-4-11-9/h3-5,7H,6H2,1-2H3,(H,11,12)(H,13,14). The molecule has 0 radical (unpaired) electrons. The van der Waals surface area contributed by atoms with E-state index in [1.165, 1.54) is 18.3 Å². The fraction of sp³-hybridized carbons (Fsp3) is 0.400. The highest BCUT2D eigenvalue weighted by atomic mass is 16.5. The molecule has 0 aromatic carbocycles. The highest BCUT2D eigenvalue weighted by Gasteiger charge is 2.06. The molecule has 0 bridgehead atoms. The molecule has 1 heterocycles. The first-order valence-corrected chi connectivity index (χ1v) is 4.58. The second kappa shape index (κ2) is 5.31. The van der Waals surface area contributed by atoms with Gasteiger partial charge in [-0.1, -0.05) is 0 Å². The monoisotopic (exact) mass is 210 g/mol. The van der Waals surface area contributed by atoms with Gasteiger partial charge in [0.15, 0.2) is 0 Å². The van der Waals surface area contributed by atoms with Crippen LogP contribution in [-0.4, -0.2) is 35.8 Å². The van der Waals surface area contributed by atoms with Gasteiger partial charge in [-0.25, -0.2) is 9.78 Å². The highest BCUT2D eigenvalue weighted by Crippen LogP contribution is 2.08. The van der Waals surface area contributed by atoms with Crippen LogP contribution >= 0.6 is 0 Å². The van der Waals surface area contributed by atoms with Gasteiger partial charge in [-0.3, -0.25) is 0 Å². The number of anilines is 1.